The van der Waals surface area contributed by atoms with Crippen molar-refractivity contribution in [1.29, 1.82) is 0 Å². The summed E-state index contributed by atoms with van der Waals surface area (Å²) in [5.74, 6) is 1.50. The smallest absolute Gasteiger partial charge is 0.231 e. The molecule has 1 aliphatic heterocycles. The normalized spacial score (nSPS) is 15.0. The molecule has 0 atom stereocenters. The molecular weight excluding hydrogens is 422 g/mol. The summed E-state index contributed by atoms with van der Waals surface area (Å²) >= 11 is 0. The minimum absolute atomic E-state index is 0.185. The Morgan fingerprint density at radius 1 is 1.19 bits per heavy atom. The molecule has 5 heterocycles. The molecule has 1 aliphatic rings. The van der Waals surface area contributed by atoms with E-state index in [0.717, 1.165) is 23.3 Å². The molecule has 13 heteroatoms. The van der Waals surface area contributed by atoms with Gasteiger partial charge in [-0.15, -0.1) is 5.10 Å². The first-order chi connectivity index (χ1) is 14.9. The van der Waals surface area contributed by atoms with Gasteiger partial charge in [-0.1, -0.05) is 0 Å². The zero-order valence-corrected chi connectivity index (χ0v) is 17.8. The molecule has 0 saturated carbocycles. The van der Waals surface area contributed by atoms with Gasteiger partial charge in [0.05, 0.1) is 36.7 Å². The predicted molar refractivity (Wildman–Crippen MR) is 115 cm³/mol. The van der Waals surface area contributed by atoms with Crippen LogP contribution in [0.15, 0.2) is 30.6 Å². The third-order valence-corrected chi connectivity index (χ3v) is 5.62. The van der Waals surface area contributed by atoms with E-state index in [-0.39, 0.29) is 5.82 Å². The summed E-state index contributed by atoms with van der Waals surface area (Å²) in [6.07, 6.45) is 4.38. The Hall–Kier alpha value is -3.45. The van der Waals surface area contributed by atoms with E-state index >= 15 is 0 Å². The van der Waals surface area contributed by atoms with E-state index in [0.29, 0.717) is 43.2 Å². The van der Waals surface area contributed by atoms with Crippen molar-refractivity contribution in [3.63, 3.8) is 0 Å². The molecule has 0 bridgehead atoms. The Kier molecular flexibility index (Phi) is 4.63. The monoisotopic (exact) mass is 443 g/mol. The Bertz CT molecular complexity index is 1340. The molecule has 4 aromatic heterocycles. The third-order valence-electron chi connectivity index (χ3n) is 5.05. The molecule has 31 heavy (non-hydrogen) atoms. The first-order valence-electron chi connectivity index (χ1n) is 9.63. The minimum atomic E-state index is -3.58. The average Bonchev–Trinajstić information content (AvgIpc) is 3.47. The number of anilines is 2. The summed E-state index contributed by atoms with van der Waals surface area (Å²) < 4.78 is 35.5. The first-order valence-corrected chi connectivity index (χ1v) is 11.5. The van der Waals surface area contributed by atoms with Crippen LogP contribution >= 0.6 is 0 Å². The number of fused-ring (bicyclic) bond motifs is 1. The largest absolute Gasteiger partial charge is 0.378 e. The maximum atomic E-state index is 12.1. The van der Waals surface area contributed by atoms with Gasteiger partial charge in [0.25, 0.3) is 0 Å². The van der Waals surface area contributed by atoms with Crippen LogP contribution in [0.3, 0.4) is 0 Å². The van der Waals surface area contributed by atoms with Crippen LogP contribution < -0.4 is 9.62 Å². The number of rotatable bonds is 5. The maximum absolute atomic E-state index is 12.1. The van der Waals surface area contributed by atoms with Gasteiger partial charge in [-0.2, -0.15) is 14.9 Å². The predicted octanol–water partition coefficient (Wildman–Crippen LogP) is 0.752. The molecule has 0 unspecified atom stereocenters. The second-order valence-electron chi connectivity index (χ2n) is 7.24. The second-order valence-corrected chi connectivity index (χ2v) is 8.99. The van der Waals surface area contributed by atoms with Gasteiger partial charge >= 0.3 is 0 Å². The van der Waals surface area contributed by atoms with Crippen LogP contribution in [0, 0.1) is 0 Å². The van der Waals surface area contributed by atoms with Crippen molar-refractivity contribution in [2.45, 2.75) is 0 Å². The fourth-order valence-electron chi connectivity index (χ4n) is 3.68. The van der Waals surface area contributed by atoms with Gasteiger partial charge < -0.3 is 9.64 Å². The molecule has 0 aromatic carbocycles. The number of aromatic nitrogens is 7. The highest BCUT2D eigenvalue weighted by atomic mass is 32.2. The third kappa shape index (κ3) is 3.61. The van der Waals surface area contributed by atoms with Gasteiger partial charge in [0.1, 0.15) is 5.82 Å². The molecule has 1 fully saturated rings. The van der Waals surface area contributed by atoms with Gasteiger partial charge in [0.15, 0.2) is 17.3 Å². The van der Waals surface area contributed by atoms with Crippen molar-refractivity contribution >= 4 is 32.7 Å². The van der Waals surface area contributed by atoms with E-state index in [4.69, 9.17) is 9.72 Å². The van der Waals surface area contributed by atoms with Crippen LogP contribution in [-0.2, 0) is 21.8 Å². The van der Waals surface area contributed by atoms with Crippen molar-refractivity contribution < 1.29 is 13.2 Å². The minimum Gasteiger partial charge on any atom is -0.378 e. The highest BCUT2D eigenvalue weighted by Crippen LogP contribution is 2.37. The summed E-state index contributed by atoms with van der Waals surface area (Å²) in [5, 5.41) is 16.2. The lowest BCUT2D eigenvalue weighted by Crippen LogP contribution is -2.36. The molecule has 5 rings (SSSR count). The average molecular weight is 443 g/mol. The molecular formula is C18H21N9O3S. The number of hydrogen-bond acceptors (Lipinski definition) is 8. The number of H-pyrrole nitrogens is 1. The van der Waals surface area contributed by atoms with Crippen molar-refractivity contribution in [2.75, 3.05) is 42.2 Å². The van der Waals surface area contributed by atoms with Gasteiger partial charge in [0.2, 0.25) is 10.0 Å². The van der Waals surface area contributed by atoms with Crippen LogP contribution in [0.4, 0.5) is 11.6 Å². The van der Waals surface area contributed by atoms with Crippen molar-refractivity contribution in [3.05, 3.63) is 30.6 Å². The number of aromatic amines is 1. The summed E-state index contributed by atoms with van der Waals surface area (Å²) in [5.41, 5.74) is 2.07. The van der Waals surface area contributed by atoms with E-state index in [1.807, 2.05) is 19.2 Å². The maximum Gasteiger partial charge on any atom is 0.231 e. The standard InChI is InChI=1S/C18H21N9O3S/c1-25-13(3-6-20-25)12-11-15(26-7-9-30-10-8-26)21-18-16(12)17(24-31(2,28)29)23-27(18)14-4-5-19-22-14/h3-6,11H,7-10H2,1-2H3,(H,19,22)(H,23,24). The Balaban J connectivity index is 1.83. The molecule has 2 N–H and O–H groups in total. The van der Waals surface area contributed by atoms with Crippen molar-refractivity contribution in [2.24, 2.45) is 7.05 Å². The number of morpholine rings is 1. The molecule has 162 valence electrons. The summed E-state index contributed by atoms with van der Waals surface area (Å²) in [6.45, 7) is 2.63. The number of pyridine rings is 1. The molecule has 0 amide bonds. The zero-order valence-electron chi connectivity index (χ0n) is 17.0. The van der Waals surface area contributed by atoms with E-state index < -0.39 is 10.0 Å². The van der Waals surface area contributed by atoms with Crippen LogP contribution in [-0.4, -0.2) is 75.7 Å². The zero-order chi connectivity index (χ0) is 21.6. The number of nitrogens with one attached hydrogen (secondary N) is 2. The molecule has 0 aliphatic carbocycles. The number of ether oxygens (including phenoxy) is 1. The van der Waals surface area contributed by atoms with E-state index in [2.05, 4.69) is 30.0 Å². The van der Waals surface area contributed by atoms with Crippen LogP contribution in [0.1, 0.15) is 0 Å². The van der Waals surface area contributed by atoms with Crippen LogP contribution in [0.5, 0.6) is 0 Å². The highest BCUT2D eigenvalue weighted by molar-refractivity contribution is 7.92. The lowest BCUT2D eigenvalue weighted by atomic mass is 10.1. The topological polar surface area (TPSA) is 136 Å². The second kappa shape index (κ2) is 7.35. The Morgan fingerprint density at radius 2 is 2.00 bits per heavy atom. The fraction of sp³-hybridized carbons (Fsp3) is 0.333. The Labute approximate surface area is 177 Å². The summed E-state index contributed by atoms with van der Waals surface area (Å²) in [7, 11) is -1.75. The number of nitrogens with zero attached hydrogens (tertiary/aromatic N) is 7. The lowest BCUT2D eigenvalue weighted by molar-refractivity contribution is 0.122. The molecule has 12 nitrogen and oxygen atoms in total. The summed E-state index contributed by atoms with van der Waals surface area (Å²) in [6, 6.07) is 5.55. The quantitative estimate of drug-likeness (QED) is 0.461. The number of sulfonamides is 1. The van der Waals surface area contributed by atoms with E-state index in [1.54, 1.807) is 27.8 Å². The summed E-state index contributed by atoms with van der Waals surface area (Å²) in [4.78, 5) is 7.00. The first kappa shape index (κ1) is 19.5. The Morgan fingerprint density at radius 3 is 2.65 bits per heavy atom. The molecule has 0 radical (unpaired) electrons. The van der Waals surface area contributed by atoms with Gasteiger partial charge in [0, 0.05) is 38.0 Å². The molecule has 4 aromatic rings. The van der Waals surface area contributed by atoms with Gasteiger partial charge in [-0.3, -0.25) is 14.5 Å². The van der Waals surface area contributed by atoms with Gasteiger partial charge in [-0.25, -0.2) is 13.4 Å². The van der Waals surface area contributed by atoms with E-state index in [1.165, 1.54) is 0 Å². The number of aryl methyl sites for hydroxylation is 1. The van der Waals surface area contributed by atoms with Crippen LogP contribution in [0.25, 0.3) is 28.1 Å². The van der Waals surface area contributed by atoms with Crippen molar-refractivity contribution in [1.82, 2.24) is 34.7 Å². The fourth-order valence-corrected chi connectivity index (χ4v) is 4.17. The molecule has 1 saturated heterocycles. The van der Waals surface area contributed by atoms with Crippen molar-refractivity contribution in [3.8, 4) is 17.1 Å². The lowest BCUT2D eigenvalue weighted by Gasteiger charge is -2.28. The molecule has 0 spiro atoms. The highest BCUT2D eigenvalue weighted by Gasteiger charge is 2.25. The SMILES string of the molecule is Cn1nccc1-c1cc(N2CCOCC2)nc2c1c(NS(C)(=O)=O)nn2-c1ccn[nH]1. The van der Waals surface area contributed by atoms with Crippen LogP contribution in [0.2, 0.25) is 0 Å². The number of hydrogen-bond donors (Lipinski definition) is 2. The van der Waals surface area contributed by atoms with E-state index in [9.17, 15) is 8.42 Å². The van der Waals surface area contributed by atoms with Gasteiger partial charge in [-0.05, 0) is 12.1 Å².